The molecule has 4 heteroatoms. The van der Waals surface area contributed by atoms with E-state index in [9.17, 15) is 0 Å². The van der Waals surface area contributed by atoms with Crippen molar-refractivity contribution in [2.45, 2.75) is 46.7 Å². The van der Waals surface area contributed by atoms with Gasteiger partial charge < -0.3 is 14.8 Å². The Kier molecular flexibility index (Phi) is 7.50. The van der Waals surface area contributed by atoms with Crippen molar-refractivity contribution < 1.29 is 9.47 Å². The molecule has 0 fully saturated rings. The van der Waals surface area contributed by atoms with Crippen LogP contribution in [0, 0.1) is 5.92 Å². The summed E-state index contributed by atoms with van der Waals surface area (Å²) in [6, 6.07) is 5.72. The van der Waals surface area contributed by atoms with Crippen molar-refractivity contribution in [3.05, 3.63) is 28.8 Å². The maximum Gasteiger partial charge on any atom is 0.124 e. The van der Waals surface area contributed by atoms with Crippen LogP contribution in [0.4, 0.5) is 0 Å². The predicted molar refractivity (Wildman–Crippen MR) is 89.2 cm³/mol. The largest absolute Gasteiger partial charge is 0.491 e. The molecule has 21 heavy (non-hydrogen) atoms. The summed E-state index contributed by atoms with van der Waals surface area (Å²) in [6.07, 6.45) is 0. The van der Waals surface area contributed by atoms with Gasteiger partial charge in [-0.05, 0) is 44.9 Å². The molecule has 0 atom stereocenters. The Morgan fingerprint density at radius 2 is 1.90 bits per heavy atom. The van der Waals surface area contributed by atoms with Gasteiger partial charge >= 0.3 is 0 Å². The Morgan fingerprint density at radius 3 is 2.52 bits per heavy atom. The second kappa shape index (κ2) is 8.62. The van der Waals surface area contributed by atoms with Gasteiger partial charge in [0.2, 0.25) is 0 Å². The normalized spacial score (nSPS) is 12.0. The van der Waals surface area contributed by atoms with Crippen LogP contribution in [0.25, 0.3) is 0 Å². The molecule has 0 aromatic heterocycles. The molecule has 120 valence electrons. The van der Waals surface area contributed by atoms with E-state index in [1.54, 1.807) is 0 Å². The van der Waals surface area contributed by atoms with E-state index in [1.807, 2.05) is 18.2 Å². The summed E-state index contributed by atoms with van der Waals surface area (Å²) in [7, 11) is 0. The molecule has 0 saturated carbocycles. The van der Waals surface area contributed by atoms with Crippen molar-refractivity contribution in [3.63, 3.8) is 0 Å². The van der Waals surface area contributed by atoms with Crippen molar-refractivity contribution >= 4 is 11.6 Å². The Bertz CT molecular complexity index is 427. The van der Waals surface area contributed by atoms with Gasteiger partial charge in [0.05, 0.1) is 6.61 Å². The van der Waals surface area contributed by atoms with Crippen molar-refractivity contribution in [2.75, 3.05) is 19.8 Å². The van der Waals surface area contributed by atoms with E-state index in [0.717, 1.165) is 29.5 Å². The van der Waals surface area contributed by atoms with E-state index >= 15 is 0 Å². The lowest BCUT2D eigenvalue weighted by Gasteiger charge is -2.22. The van der Waals surface area contributed by atoms with Crippen LogP contribution in [0.2, 0.25) is 5.02 Å². The van der Waals surface area contributed by atoms with Gasteiger partial charge in [-0.15, -0.1) is 0 Å². The maximum atomic E-state index is 6.08. The highest BCUT2D eigenvalue weighted by Gasteiger charge is 2.11. The van der Waals surface area contributed by atoms with Crippen molar-refractivity contribution in [3.8, 4) is 5.75 Å². The SMILES string of the molecule is CC(C)COCCOc1ccc(Cl)cc1CNC(C)(C)C. The molecule has 0 aliphatic heterocycles. The lowest BCUT2D eigenvalue weighted by atomic mass is 10.1. The molecular weight excluding hydrogens is 286 g/mol. The molecule has 0 bridgehead atoms. The third-order valence-electron chi connectivity index (χ3n) is 2.77. The van der Waals surface area contributed by atoms with E-state index in [2.05, 4.69) is 39.9 Å². The van der Waals surface area contributed by atoms with E-state index in [-0.39, 0.29) is 5.54 Å². The second-order valence-corrected chi connectivity index (χ2v) is 7.11. The lowest BCUT2D eigenvalue weighted by Crippen LogP contribution is -2.35. The smallest absolute Gasteiger partial charge is 0.124 e. The summed E-state index contributed by atoms with van der Waals surface area (Å²) in [6.45, 7) is 13.3. The minimum absolute atomic E-state index is 0.0555. The van der Waals surface area contributed by atoms with Gasteiger partial charge in [-0.1, -0.05) is 25.4 Å². The number of halogens is 1. The van der Waals surface area contributed by atoms with Gasteiger partial charge in [-0.25, -0.2) is 0 Å². The van der Waals surface area contributed by atoms with Crippen LogP contribution in [-0.4, -0.2) is 25.4 Å². The Balaban J connectivity index is 2.52. The molecule has 1 N–H and O–H groups in total. The Hall–Kier alpha value is -0.770. The molecule has 1 aromatic carbocycles. The first-order valence-electron chi connectivity index (χ1n) is 7.52. The minimum atomic E-state index is 0.0555. The van der Waals surface area contributed by atoms with Crippen LogP contribution in [0.1, 0.15) is 40.2 Å². The van der Waals surface area contributed by atoms with Gasteiger partial charge in [-0.2, -0.15) is 0 Å². The minimum Gasteiger partial charge on any atom is -0.491 e. The monoisotopic (exact) mass is 313 g/mol. The van der Waals surface area contributed by atoms with Crippen LogP contribution >= 0.6 is 11.6 Å². The summed E-state index contributed by atoms with van der Waals surface area (Å²) >= 11 is 6.08. The Morgan fingerprint density at radius 1 is 1.19 bits per heavy atom. The predicted octanol–water partition coefficient (Wildman–Crippen LogP) is 4.28. The highest BCUT2D eigenvalue weighted by atomic mass is 35.5. The average Bonchev–Trinajstić information content (AvgIpc) is 2.36. The maximum absolute atomic E-state index is 6.08. The first kappa shape index (κ1) is 18.3. The van der Waals surface area contributed by atoms with Crippen molar-refractivity contribution in [2.24, 2.45) is 5.92 Å². The summed E-state index contributed by atoms with van der Waals surface area (Å²) in [5, 5.41) is 4.18. The summed E-state index contributed by atoms with van der Waals surface area (Å²) < 4.78 is 11.3. The summed E-state index contributed by atoms with van der Waals surface area (Å²) in [5.74, 6) is 1.41. The zero-order valence-corrected chi connectivity index (χ0v) is 14.6. The number of ether oxygens (including phenoxy) is 2. The van der Waals surface area contributed by atoms with E-state index in [1.165, 1.54) is 0 Å². The molecular formula is C17H28ClNO2. The van der Waals surface area contributed by atoms with Crippen molar-refractivity contribution in [1.29, 1.82) is 0 Å². The molecule has 0 saturated heterocycles. The van der Waals surface area contributed by atoms with Crippen LogP contribution in [0.15, 0.2) is 18.2 Å². The molecule has 0 spiro atoms. The zero-order chi connectivity index (χ0) is 15.9. The van der Waals surface area contributed by atoms with E-state index in [0.29, 0.717) is 19.1 Å². The lowest BCUT2D eigenvalue weighted by molar-refractivity contribution is 0.0815. The summed E-state index contributed by atoms with van der Waals surface area (Å²) in [4.78, 5) is 0. The molecule has 0 heterocycles. The molecule has 3 nitrogen and oxygen atoms in total. The number of hydrogen-bond donors (Lipinski definition) is 1. The average molecular weight is 314 g/mol. The standard InChI is InChI=1S/C17H28ClNO2/c1-13(2)12-20-8-9-21-16-7-6-15(18)10-14(16)11-19-17(3,4)5/h6-7,10,13,19H,8-9,11-12H2,1-5H3. The molecule has 1 rings (SSSR count). The molecule has 0 amide bonds. The third kappa shape index (κ3) is 8.30. The number of rotatable bonds is 8. The molecule has 1 aromatic rings. The molecule has 0 unspecified atom stereocenters. The van der Waals surface area contributed by atoms with Gasteiger partial charge in [-0.3, -0.25) is 0 Å². The first-order chi connectivity index (χ1) is 9.78. The van der Waals surface area contributed by atoms with Gasteiger partial charge in [0.25, 0.3) is 0 Å². The quantitative estimate of drug-likeness (QED) is 0.727. The van der Waals surface area contributed by atoms with Crippen LogP contribution in [-0.2, 0) is 11.3 Å². The Labute approximate surface area is 134 Å². The molecule has 0 aliphatic carbocycles. The van der Waals surface area contributed by atoms with E-state index < -0.39 is 0 Å². The third-order valence-corrected chi connectivity index (χ3v) is 3.00. The van der Waals surface area contributed by atoms with Gasteiger partial charge in [0.15, 0.2) is 0 Å². The fourth-order valence-corrected chi connectivity index (χ4v) is 1.91. The fourth-order valence-electron chi connectivity index (χ4n) is 1.72. The van der Waals surface area contributed by atoms with Gasteiger partial charge in [0, 0.05) is 29.3 Å². The molecule has 0 aliphatic rings. The first-order valence-corrected chi connectivity index (χ1v) is 7.90. The molecule has 0 radical (unpaired) electrons. The summed E-state index contributed by atoms with van der Waals surface area (Å²) in [5.41, 5.74) is 1.13. The second-order valence-electron chi connectivity index (χ2n) is 6.67. The highest BCUT2D eigenvalue weighted by molar-refractivity contribution is 6.30. The van der Waals surface area contributed by atoms with Gasteiger partial charge in [0.1, 0.15) is 12.4 Å². The number of nitrogens with one attached hydrogen (secondary N) is 1. The van der Waals surface area contributed by atoms with Crippen LogP contribution < -0.4 is 10.1 Å². The number of benzene rings is 1. The zero-order valence-electron chi connectivity index (χ0n) is 13.8. The number of hydrogen-bond acceptors (Lipinski definition) is 3. The van der Waals surface area contributed by atoms with Crippen LogP contribution in [0.3, 0.4) is 0 Å². The van der Waals surface area contributed by atoms with Crippen LogP contribution in [0.5, 0.6) is 5.75 Å². The highest BCUT2D eigenvalue weighted by Crippen LogP contribution is 2.23. The topological polar surface area (TPSA) is 30.5 Å². The van der Waals surface area contributed by atoms with Crippen molar-refractivity contribution in [1.82, 2.24) is 5.32 Å². The fraction of sp³-hybridized carbons (Fsp3) is 0.647. The van der Waals surface area contributed by atoms with E-state index in [4.69, 9.17) is 21.1 Å².